The highest BCUT2D eigenvalue weighted by Crippen LogP contribution is 2.07. The van der Waals surface area contributed by atoms with Crippen molar-refractivity contribution in [2.24, 2.45) is 0 Å². The lowest BCUT2D eigenvalue weighted by Crippen LogP contribution is -2.26. The van der Waals surface area contributed by atoms with Crippen LogP contribution in [-0.2, 0) is 4.74 Å². The molecule has 0 aromatic carbocycles. The Morgan fingerprint density at radius 2 is 1.47 bits per heavy atom. The second-order valence-corrected chi connectivity index (χ2v) is 4.12. The largest absolute Gasteiger partial charge is 0.388 e. The van der Waals surface area contributed by atoms with E-state index in [1.165, 1.54) is 39.0 Å². The van der Waals surface area contributed by atoms with Gasteiger partial charge in [-0.3, -0.25) is 0 Å². The second-order valence-electron chi connectivity index (χ2n) is 4.12. The minimum Gasteiger partial charge on any atom is -0.388 e. The van der Waals surface area contributed by atoms with Gasteiger partial charge >= 0.3 is 0 Å². The van der Waals surface area contributed by atoms with Crippen LogP contribution in [0.5, 0.6) is 0 Å². The number of aliphatic hydroxyl groups excluding tert-OH is 2. The van der Waals surface area contributed by atoms with E-state index in [0.717, 1.165) is 12.8 Å². The van der Waals surface area contributed by atoms with Gasteiger partial charge in [-0.2, -0.15) is 0 Å². The Hall–Kier alpha value is -0.120. The lowest BCUT2D eigenvalue weighted by molar-refractivity contribution is -0.156. The standard InChI is InChI=1S/C12H26O3/c1-3-4-5-6-7-8-9-10-15-12(14)11(2)13/h11-14H,3-10H2,1-2H3. The van der Waals surface area contributed by atoms with Crippen LogP contribution in [0.4, 0.5) is 0 Å². The van der Waals surface area contributed by atoms with E-state index in [1.54, 1.807) is 0 Å². The molecule has 0 aromatic rings. The van der Waals surface area contributed by atoms with E-state index in [1.807, 2.05) is 0 Å². The summed E-state index contributed by atoms with van der Waals surface area (Å²) in [7, 11) is 0. The molecular weight excluding hydrogens is 192 g/mol. The summed E-state index contributed by atoms with van der Waals surface area (Å²) in [6.07, 6.45) is 6.78. The zero-order valence-electron chi connectivity index (χ0n) is 10.1. The average molecular weight is 218 g/mol. The topological polar surface area (TPSA) is 49.7 Å². The van der Waals surface area contributed by atoms with Crippen LogP contribution in [-0.4, -0.2) is 29.2 Å². The molecule has 2 unspecified atom stereocenters. The SMILES string of the molecule is CCCCCCCCCOC(O)C(C)O. The van der Waals surface area contributed by atoms with Crippen molar-refractivity contribution in [2.45, 2.75) is 71.2 Å². The molecule has 2 atom stereocenters. The predicted octanol–water partition coefficient (Wildman–Crippen LogP) is 2.45. The van der Waals surface area contributed by atoms with Crippen LogP contribution in [0.25, 0.3) is 0 Å². The van der Waals surface area contributed by atoms with Crippen LogP contribution in [0.1, 0.15) is 58.8 Å². The van der Waals surface area contributed by atoms with Gasteiger partial charge in [0, 0.05) is 6.61 Å². The third-order valence-corrected chi connectivity index (χ3v) is 2.45. The molecule has 0 spiro atoms. The normalized spacial score (nSPS) is 15.2. The molecule has 0 aromatic heterocycles. The number of hydrogen-bond acceptors (Lipinski definition) is 3. The molecule has 0 fully saturated rings. The summed E-state index contributed by atoms with van der Waals surface area (Å²) in [5.41, 5.74) is 0. The van der Waals surface area contributed by atoms with Gasteiger partial charge in [0.2, 0.25) is 0 Å². The first-order valence-corrected chi connectivity index (χ1v) is 6.16. The molecule has 0 rings (SSSR count). The van der Waals surface area contributed by atoms with Gasteiger partial charge in [0.25, 0.3) is 0 Å². The summed E-state index contributed by atoms with van der Waals surface area (Å²) in [5.74, 6) is 0. The molecule has 0 aliphatic rings. The highest BCUT2D eigenvalue weighted by atomic mass is 16.6. The van der Waals surface area contributed by atoms with E-state index in [9.17, 15) is 0 Å². The third kappa shape index (κ3) is 10.2. The fourth-order valence-corrected chi connectivity index (χ4v) is 1.40. The molecule has 0 saturated heterocycles. The second kappa shape index (κ2) is 10.4. The first-order chi connectivity index (χ1) is 7.18. The van der Waals surface area contributed by atoms with Gasteiger partial charge in [-0.15, -0.1) is 0 Å². The quantitative estimate of drug-likeness (QED) is 0.437. The van der Waals surface area contributed by atoms with Gasteiger partial charge in [-0.05, 0) is 13.3 Å². The summed E-state index contributed by atoms with van der Waals surface area (Å²) >= 11 is 0. The maximum absolute atomic E-state index is 9.13. The van der Waals surface area contributed by atoms with Gasteiger partial charge in [-0.1, -0.05) is 45.4 Å². The third-order valence-electron chi connectivity index (χ3n) is 2.45. The van der Waals surface area contributed by atoms with E-state index >= 15 is 0 Å². The predicted molar refractivity (Wildman–Crippen MR) is 61.6 cm³/mol. The molecule has 92 valence electrons. The minimum absolute atomic E-state index is 0.542. The average Bonchev–Trinajstić information content (AvgIpc) is 2.21. The molecule has 0 amide bonds. The molecule has 0 heterocycles. The number of rotatable bonds is 10. The highest BCUT2D eigenvalue weighted by Gasteiger charge is 2.09. The van der Waals surface area contributed by atoms with Crippen LogP contribution in [0.2, 0.25) is 0 Å². The zero-order chi connectivity index (χ0) is 11.5. The molecule has 0 aliphatic carbocycles. The first kappa shape index (κ1) is 14.9. The Labute approximate surface area is 93.5 Å². The van der Waals surface area contributed by atoms with Gasteiger partial charge in [0.05, 0.1) is 0 Å². The van der Waals surface area contributed by atoms with Crippen LogP contribution in [0.3, 0.4) is 0 Å². The van der Waals surface area contributed by atoms with Gasteiger partial charge in [0.1, 0.15) is 6.10 Å². The number of hydrogen-bond donors (Lipinski definition) is 2. The van der Waals surface area contributed by atoms with E-state index in [2.05, 4.69) is 6.92 Å². The van der Waals surface area contributed by atoms with Crippen LogP contribution >= 0.6 is 0 Å². The van der Waals surface area contributed by atoms with E-state index in [4.69, 9.17) is 14.9 Å². The van der Waals surface area contributed by atoms with Crippen molar-refractivity contribution in [3.8, 4) is 0 Å². The number of ether oxygens (including phenoxy) is 1. The van der Waals surface area contributed by atoms with E-state index in [0.29, 0.717) is 6.61 Å². The summed E-state index contributed by atoms with van der Waals surface area (Å²) < 4.78 is 5.04. The van der Waals surface area contributed by atoms with Gasteiger partial charge < -0.3 is 14.9 Å². The molecule has 3 heteroatoms. The maximum Gasteiger partial charge on any atom is 0.180 e. The molecule has 2 N–H and O–H groups in total. The lowest BCUT2D eigenvalue weighted by Gasteiger charge is -2.14. The van der Waals surface area contributed by atoms with Crippen molar-refractivity contribution in [1.82, 2.24) is 0 Å². The van der Waals surface area contributed by atoms with Crippen molar-refractivity contribution in [1.29, 1.82) is 0 Å². The summed E-state index contributed by atoms with van der Waals surface area (Å²) in [6.45, 7) is 4.28. The molecule has 0 aliphatic heterocycles. The summed E-state index contributed by atoms with van der Waals surface area (Å²) in [4.78, 5) is 0. The van der Waals surface area contributed by atoms with Gasteiger partial charge in [0.15, 0.2) is 6.29 Å². The molecule has 0 bridgehead atoms. The first-order valence-electron chi connectivity index (χ1n) is 6.16. The van der Waals surface area contributed by atoms with Gasteiger partial charge in [-0.25, -0.2) is 0 Å². The van der Waals surface area contributed by atoms with E-state index in [-0.39, 0.29) is 0 Å². The lowest BCUT2D eigenvalue weighted by atomic mass is 10.1. The van der Waals surface area contributed by atoms with Crippen LogP contribution in [0, 0.1) is 0 Å². The molecule has 0 saturated carbocycles. The monoisotopic (exact) mass is 218 g/mol. The van der Waals surface area contributed by atoms with Crippen molar-refractivity contribution < 1.29 is 14.9 Å². The van der Waals surface area contributed by atoms with Crippen LogP contribution in [0.15, 0.2) is 0 Å². The van der Waals surface area contributed by atoms with Crippen molar-refractivity contribution in [2.75, 3.05) is 6.61 Å². The molecule has 3 nitrogen and oxygen atoms in total. The molecular formula is C12H26O3. The fraction of sp³-hybridized carbons (Fsp3) is 1.00. The van der Waals surface area contributed by atoms with Crippen molar-refractivity contribution >= 4 is 0 Å². The van der Waals surface area contributed by atoms with Crippen molar-refractivity contribution in [3.05, 3.63) is 0 Å². The van der Waals surface area contributed by atoms with Crippen LogP contribution < -0.4 is 0 Å². The Bertz CT molecular complexity index is 126. The molecule has 0 radical (unpaired) electrons. The summed E-state index contributed by atoms with van der Waals surface area (Å²) in [5, 5.41) is 18.1. The molecule has 15 heavy (non-hydrogen) atoms. The highest BCUT2D eigenvalue weighted by molar-refractivity contribution is 4.50. The zero-order valence-corrected chi connectivity index (χ0v) is 10.1. The van der Waals surface area contributed by atoms with E-state index < -0.39 is 12.4 Å². The smallest absolute Gasteiger partial charge is 0.180 e. The number of aliphatic hydroxyl groups is 2. The Balaban J connectivity index is 3.05. The number of unbranched alkanes of at least 4 members (excludes halogenated alkanes) is 6. The Morgan fingerprint density at radius 1 is 0.933 bits per heavy atom. The Morgan fingerprint density at radius 3 is 2.00 bits per heavy atom. The maximum atomic E-state index is 9.13. The van der Waals surface area contributed by atoms with Crippen molar-refractivity contribution in [3.63, 3.8) is 0 Å². The summed E-state index contributed by atoms with van der Waals surface area (Å²) in [6, 6.07) is 0. The minimum atomic E-state index is -1.02. The fourth-order valence-electron chi connectivity index (χ4n) is 1.40. The Kier molecular flexibility index (Phi) is 10.3.